The second kappa shape index (κ2) is 6.26. The Balaban J connectivity index is 2.48. The smallest absolute Gasteiger partial charge is 0.134 e. The summed E-state index contributed by atoms with van der Waals surface area (Å²) >= 11 is 0. The molecule has 0 aliphatic heterocycles. The second-order valence-corrected chi connectivity index (χ2v) is 4.43. The first-order valence-corrected chi connectivity index (χ1v) is 6.26. The number of ether oxygens (including phenoxy) is 2. The summed E-state index contributed by atoms with van der Waals surface area (Å²) in [5, 5.41) is 9.96. The van der Waals surface area contributed by atoms with Gasteiger partial charge < -0.3 is 19.4 Å². The highest BCUT2D eigenvalue weighted by atomic mass is 19.1. The lowest BCUT2D eigenvalue weighted by Gasteiger charge is -2.15. The molecule has 0 spiro atoms. The molecule has 2 aromatic rings. The number of aldehydes is 1. The molecule has 4 nitrogen and oxygen atoms in total. The zero-order chi connectivity index (χ0) is 15.4. The highest BCUT2D eigenvalue weighted by Gasteiger charge is 2.22. The summed E-state index contributed by atoms with van der Waals surface area (Å²) in [7, 11) is 2.90. The van der Waals surface area contributed by atoms with Crippen LogP contribution in [0, 0.1) is 5.82 Å². The molecule has 0 radical (unpaired) electrons. The third-order valence-electron chi connectivity index (χ3n) is 3.24. The van der Waals surface area contributed by atoms with E-state index in [2.05, 4.69) is 0 Å². The van der Waals surface area contributed by atoms with Crippen molar-refractivity contribution in [2.75, 3.05) is 14.2 Å². The topological polar surface area (TPSA) is 55.8 Å². The zero-order valence-electron chi connectivity index (χ0n) is 11.7. The van der Waals surface area contributed by atoms with Crippen LogP contribution in [0.4, 0.5) is 4.39 Å². The predicted octanol–water partition coefficient (Wildman–Crippen LogP) is 2.88. The van der Waals surface area contributed by atoms with Crippen molar-refractivity contribution in [3.63, 3.8) is 0 Å². The second-order valence-electron chi connectivity index (χ2n) is 4.43. The fourth-order valence-corrected chi connectivity index (χ4v) is 2.13. The van der Waals surface area contributed by atoms with Gasteiger partial charge in [-0.05, 0) is 17.7 Å². The lowest BCUT2D eigenvalue weighted by molar-refractivity contribution is -0.108. The van der Waals surface area contributed by atoms with E-state index >= 15 is 0 Å². The number of hydrogen-bond acceptors (Lipinski definition) is 4. The van der Waals surface area contributed by atoms with E-state index in [-0.39, 0.29) is 17.1 Å². The molecule has 0 aliphatic carbocycles. The Hall–Kier alpha value is -2.56. The first-order valence-electron chi connectivity index (χ1n) is 6.26. The Morgan fingerprint density at radius 1 is 1.10 bits per heavy atom. The van der Waals surface area contributed by atoms with Crippen molar-refractivity contribution in [1.82, 2.24) is 0 Å². The molecule has 2 aromatic carbocycles. The molecule has 0 fully saturated rings. The van der Waals surface area contributed by atoms with Crippen LogP contribution in [0.3, 0.4) is 0 Å². The summed E-state index contributed by atoms with van der Waals surface area (Å²) in [4.78, 5) is 11.4. The Kier molecular flexibility index (Phi) is 4.42. The van der Waals surface area contributed by atoms with Gasteiger partial charge in [0.15, 0.2) is 0 Å². The van der Waals surface area contributed by atoms with Gasteiger partial charge in [0, 0.05) is 17.7 Å². The fraction of sp³-hybridized carbons (Fsp3) is 0.188. The van der Waals surface area contributed by atoms with Crippen molar-refractivity contribution >= 4 is 6.29 Å². The highest BCUT2D eigenvalue weighted by molar-refractivity contribution is 5.71. The number of halogens is 1. The average Bonchev–Trinajstić information content (AvgIpc) is 2.50. The summed E-state index contributed by atoms with van der Waals surface area (Å²) < 4.78 is 24.1. The third kappa shape index (κ3) is 2.97. The normalized spacial score (nSPS) is 11.8. The largest absolute Gasteiger partial charge is 0.507 e. The minimum absolute atomic E-state index is 0.0732. The molecule has 1 unspecified atom stereocenters. The van der Waals surface area contributed by atoms with Crippen LogP contribution >= 0.6 is 0 Å². The standard InChI is InChI=1S/C16H15FO4/c1-20-11-5-3-10(4-6-11)13(9-18)16-14(17)7-12(21-2)8-15(16)19/h3-9,13,19H,1-2H3. The van der Waals surface area contributed by atoms with E-state index in [0.29, 0.717) is 17.6 Å². The van der Waals surface area contributed by atoms with Gasteiger partial charge in [0.05, 0.1) is 20.1 Å². The van der Waals surface area contributed by atoms with Gasteiger partial charge in [-0.2, -0.15) is 0 Å². The molecule has 110 valence electrons. The Morgan fingerprint density at radius 3 is 2.19 bits per heavy atom. The summed E-state index contributed by atoms with van der Waals surface area (Å²) in [6, 6.07) is 9.06. The van der Waals surface area contributed by atoms with Crippen LogP contribution in [0.25, 0.3) is 0 Å². The predicted molar refractivity (Wildman–Crippen MR) is 75.5 cm³/mol. The van der Waals surface area contributed by atoms with Crippen molar-refractivity contribution in [1.29, 1.82) is 0 Å². The van der Waals surface area contributed by atoms with Gasteiger partial charge in [-0.25, -0.2) is 4.39 Å². The average molecular weight is 290 g/mol. The van der Waals surface area contributed by atoms with E-state index in [9.17, 15) is 14.3 Å². The third-order valence-corrected chi connectivity index (χ3v) is 3.24. The molecule has 2 rings (SSSR count). The Morgan fingerprint density at radius 2 is 1.71 bits per heavy atom. The maximum absolute atomic E-state index is 14.1. The molecule has 1 atom stereocenters. The van der Waals surface area contributed by atoms with Crippen molar-refractivity contribution in [2.24, 2.45) is 0 Å². The van der Waals surface area contributed by atoms with E-state index in [1.165, 1.54) is 20.3 Å². The minimum Gasteiger partial charge on any atom is -0.507 e. The van der Waals surface area contributed by atoms with Gasteiger partial charge in [0.1, 0.15) is 29.4 Å². The number of phenolic OH excluding ortho intramolecular Hbond substituents is 1. The lowest BCUT2D eigenvalue weighted by atomic mass is 9.91. The molecule has 21 heavy (non-hydrogen) atoms. The maximum atomic E-state index is 14.1. The molecule has 0 aliphatic rings. The van der Waals surface area contributed by atoms with Crippen LogP contribution in [0.2, 0.25) is 0 Å². The number of phenols is 1. The number of aromatic hydroxyl groups is 1. The van der Waals surface area contributed by atoms with E-state index in [1.54, 1.807) is 24.3 Å². The van der Waals surface area contributed by atoms with Crippen LogP contribution in [-0.4, -0.2) is 25.6 Å². The summed E-state index contributed by atoms with van der Waals surface area (Å²) in [5.74, 6) is -1.10. The molecule has 0 saturated heterocycles. The molecule has 5 heteroatoms. The minimum atomic E-state index is -0.901. The molecule has 0 amide bonds. The van der Waals surface area contributed by atoms with Gasteiger partial charge in [-0.3, -0.25) is 0 Å². The quantitative estimate of drug-likeness (QED) is 0.860. The van der Waals surface area contributed by atoms with E-state index in [4.69, 9.17) is 9.47 Å². The summed E-state index contributed by atoms with van der Waals surface area (Å²) in [6.45, 7) is 0. The van der Waals surface area contributed by atoms with Crippen molar-refractivity contribution < 1.29 is 23.8 Å². The monoisotopic (exact) mass is 290 g/mol. The molecular weight excluding hydrogens is 275 g/mol. The lowest BCUT2D eigenvalue weighted by Crippen LogP contribution is -2.06. The number of carbonyl (C=O) groups excluding carboxylic acids is 1. The van der Waals surface area contributed by atoms with E-state index in [0.717, 1.165) is 6.07 Å². The van der Waals surface area contributed by atoms with Gasteiger partial charge in [-0.1, -0.05) is 12.1 Å². The summed E-state index contributed by atoms with van der Waals surface area (Å²) in [6.07, 6.45) is 0.590. The van der Waals surface area contributed by atoms with Crippen LogP contribution in [0.15, 0.2) is 36.4 Å². The number of carbonyl (C=O) groups is 1. The van der Waals surface area contributed by atoms with Crippen molar-refractivity contribution in [2.45, 2.75) is 5.92 Å². The van der Waals surface area contributed by atoms with Gasteiger partial charge in [0.25, 0.3) is 0 Å². The zero-order valence-corrected chi connectivity index (χ0v) is 11.7. The number of hydrogen-bond donors (Lipinski definition) is 1. The van der Waals surface area contributed by atoms with E-state index < -0.39 is 11.7 Å². The highest BCUT2D eigenvalue weighted by Crippen LogP contribution is 2.35. The number of rotatable bonds is 5. The van der Waals surface area contributed by atoms with Gasteiger partial charge in [0.2, 0.25) is 0 Å². The molecular formula is C16H15FO4. The van der Waals surface area contributed by atoms with Gasteiger partial charge in [-0.15, -0.1) is 0 Å². The van der Waals surface area contributed by atoms with Crippen LogP contribution < -0.4 is 9.47 Å². The first kappa shape index (κ1) is 14.8. The van der Waals surface area contributed by atoms with E-state index in [1.807, 2.05) is 0 Å². The Labute approximate surface area is 121 Å². The van der Waals surface area contributed by atoms with Crippen LogP contribution in [0.5, 0.6) is 17.2 Å². The fourth-order valence-electron chi connectivity index (χ4n) is 2.13. The summed E-state index contributed by atoms with van der Waals surface area (Å²) in [5.41, 5.74) is 0.487. The van der Waals surface area contributed by atoms with Crippen LogP contribution in [-0.2, 0) is 4.79 Å². The number of benzene rings is 2. The first-order chi connectivity index (χ1) is 10.1. The number of methoxy groups -OCH3 is 2. The molecule has 0 aromatic heterocycles. The Bertz CT molecular complexity index is 614. The SMILES string of the molecule is COc1ccc(C(C=O)c2c(O)cc(OC)cc2F)cc1. The molecule has 0 heterocycles. The van der Waals surface area contributed by atoms with Crippen LogP contribution in [0.1, 0.15) is 17.0 Å². The molecule has 0 saturated carbocycles. The molecule has 1 N–H and O–H groups in total. The maximum Gasteiger partial charge on any atom is 0.134 e. The molecule has 0 bridgehead atoms. The van der Waals surface area contributed by atoms with Gasteiger partial charge >= 0.3 is 0 Å². The van der Waals surface area contributed by atoms with Crippen molar-refractivity contribution in [3.8, 4) is 17.2 Å². The van der Waals surface area contributed by atoms with Crippen molar-refractivity contribution in [3.05, 3.63) is 53.3 Å².